The van der Waals surface area contributed by atoms with E-state index in [0.717, 1.165) is 54.2 Å². The first-order valence-electron chi connectivity index (χ1n) is 12.2. The van der Waals surface area contributed by atoms with Crippen molar-refractivity contribution in [1.29, 1.82) is 0 Å². The largest absolute Gasteiger partial charge is 0.493 e. The maximum Gasteiger partial charge on any atom is 0.224 e. The van der Waals surface area contributed by atoms with Gasteiger partial charge in [-0.15, -0.1) is 0 Å². The molecule has 1 fully saturated rings. The number of hydrogen-bond donors (Lipinski definition) is 2. The van der Waals surface area contributed by atoms with E-state index < -0.39 is 0 Å². The number of ether oxygens (including phenoxy) is 2. The average Bonchev–Trinajstić information content (AvgIpc) is 3.22. The van der Waals surface area contributed by atoms with Crippen molar-refractivity contribution in [3.05, 3.63) is 47.5 Å². The van der Waals surface area contributed by atoms with Crippen LogP contribution in [0.3, 0.4) is 0 Å². The van der Waals surface area contributed by atoms with Gasteiger partial charge in [-0.05, 0) is 73.1 Å². The minimum atomic E-state index is -0.0875. The predicted molar refractivity (Wildman–Crippen MR) is 138 cm³/mol. The lowest BCUT2D eigenvalue weighted by Crippen LogP contribution is -2.40. The van der Waals surface area contributed by atoms with Gasteiger partial charge in [0.25, 0.3) is 0 Å². The van der Waals surface area contributed by atoms with Crippen LogP contribution in [0.1, 0.15) is 63.0 Å². The van der Waals surface area contributed by atoms with Gasteiger partial charge in [0.1, 0.15) is 0 Å². The van der Waals surface area contributed by atoms with Crippen LogP contribution in [0.5, 0.6) is 11.5 Å². The number of rotatable bonds is 7. The number of hydrogen-bond acceptors (Lipinski definition) is 4. The Bertz CT molecular complexity index is 1160. The molecule has 1 atom stereocenters. The number of fused-ring (bicyclic) bond motifs is 1. The van der Waals surface area contributed by atoms with Gasteiger partial charge in [0.05, 0.1) is 19.9 Å². The zero-order chi connectivity index (χ0) is 24.4. The van der Waals surface area contributed by atoms with Gasteiger partial charge in [-0.3, -0.25) is 4.79 Å². The van der Waals surface area contributed by atoms with E-state index in [4.69, 9.17) is 15.2 Å². The highest BCUT2D eigenvalue weighted by Gasteiger charge is 2.25. The molecule has 0 aliphatic carbocycles. The van der Waals surface area contributed by atoms with E-state index in [0.29, 0.717) is 18.3 Å². The number of H-pyrrole nitrogens is 1. The van der Waals surface area contributed by atoms with Crippen molar-refractivity contribution in [3.63, 3.8) is 0 Å². The highest BCUT2D eigenvalue weighted by Crippen LogP contribution is 2.40. The van der Waals surface area contributed by atoms with Crippen LogP contribution in [0.4, 0.5) is 0 Å². The second kappa shape index (κ2) is 10.1. The zero-order valence-corrected chi connectivity index (χ0v) is 21.0. The van der Waals surface area contributed by atoms with Crippen LogP contribution in [-0.2, 0) is 4.79 Å². The minimum absolute atomic E-state index is 0.0875. The van der Waals surface area contributed by atoms with Crippen molar-refractivity contribution in [3.8, 4) is 22.8 Å². The summed E-state index contributed by atoms with van der Waals surface area (Å²) in [6, 6.07) is 12.8. The molecule has 2 heterocycles. The van der Waals surface area contributed by atoms with Crippen LogP contribution >= 0.6 is 0 Å². The smallest absolute Gasteiger partial charge is 0.224 e. The molecule has 6 nitrogen and oxygen atoms in total. The molecular formula is C28H37N3O3. The summed E-state index contributed by atoms with van der Waals surface area (Å²) in [5.74, 6) is 2.44. The fraction of sp³-hybridized carbons (Fsp3) is 0.464. The van der Waals surface area contributed by atoms with Crippen LogP contribution in [-0.4, -0.2) is 49.1 Å². The number of carbonyl (C=O) groups excluding carboxylic acids is 1. The second-order valence-corrected chi connectivity index (χ2v) is 9.78. The maximum absolute atomic E-state index is 12.4. The second-order valence-electron chi connectivity index (χ2n) is 9.78. The van der Waals surface area contributed by atoms with E-state index in [9.17, 15) is 4.79 Å². The summed E-state index contributed by atoms with van der Waals surface area (Å²) < 4.78 is 11.0. The molecule has 3 N–H and O–H groups in total. The summed E-state index contributed by atoms with van der Waals surface area (Å²) in [6.07, 6.45) is 2.40. The third-order valence-electron chi connectivity index (χ3n) is 6.93. The molecule has 182 valence electrons. The van der Waals surface area contributed by atoms with Crippen LogP contribution in [0, 0.1) is 0 Å². The first-order chi connectivity index (χ1) is 16.3. The van der Waals surface area contributed by atoms with Crippen molar-refractivity contribution >= 4 is 16.8 Å². The molecule has 1 aromatic heterocycles. The number of methoxy groups -OCH3 is 2. The lowest BCUT2D eigenvalue weighted by Gasteiger charge is -2.32. The van der Waals surface area contributed by atoms with Crippen molar-refractivity contribution in [1.82, 2.24) is 9.88 Å². The molecule has 1 unspecified atom stereocenters. The summed E-state index contributed by atoms with van der Waals surface area (Å²) in [7, 11) is 3.32. The van der Waals surface area contributed by atoms with Crippen LogP contribution in [0.2, 0.25) is 0 Å². The number of aromatic nitrogens is 1. The summed E-state index contributed by atoms with van der Waals surface area (Å²) in [5, 5.41) is 1.27. The number of amides is 1. The highest BCUT2D eigenvalue weighted by molar-refractivity contribution is 5.92. The Morgan fingerprint density at radius 3 is 2.38 bits per heavy atom. The number of benzene rings is 2. The maximum atomic E-state index is 12.4. The Morgan fingerprint density at radius 1 is 1.06 bits per heavy atom. The third kappa shape index (κ3) is 4.78. The Kier molecular flexibility index (Phi) is 7.17. The first kappa shape index (κ1) is 24.1. The minimum Gasteiger partial charge on any atom is -0.493 e. The Hall–Kier alpha value is -2.99. The van der Waals surface area contributed by atoms with Gasteiger partial charge in [-0.2, -0.15) is 0 Å². The molecule has 2 aromatic carbocycles. The molecule has 6 heteroatoms. The SMILES string of the molecule is COc1ccc(-c2[nH]c3ccc(C4CCN(C(=O)CC(C)N)CC4)cc3c2C(C)C)cc1OC. The number of aromatic amines is 1. The molecule has 34 heavy (non-hydrogen) atoms. The van der Waals surface area contributed by atoms with Gasteiger partial charge in [0.2, 0.25) is 5.91 Å². The van der Waals surface area contributed by atoms with Gasteiger partial charge in [0, 0.05) is 42.0 Å². The lowest BCUT2D eigenvalue weighted by molar-refractivity contribution is -0.132. The summed E-state index contributed by atoms with van der Waals surface area (Å²) in [4.78, 5) is 18.0. The lowest BCUT2D eigenvalue weighted by atomic mass is 9.87. The summed E-state index contributed by atoms with van der Waals surface area (Å²) in [5.41, 5.74) is 11.8. The number of piperidine rings is 1. The van der Waals surface area contributed by atoms with Crippen molar-refractivity contribution in [2.24, 2.45) is 5.73 Å². The predicted octanol–water partition coefficient (Wildman–Crippen LogP) is 5.42. The standard InChI is InChI=1S/C28H37N3O3/c1-17(2)27-22-15-20(19-10-12-31(13-11-19)26(32)14-18(3)29)6-8-23(22)30-28(27)21-7-9-24(33-4)25(16-21)34-5/h6-9,15-19,30H,10-14,29H2,1-5H3. The normalized spacial score (nSPS) is 15.7. The average molecular weight is 464 g/mol. The molecule has 4 rings (SSSR count). The van der Waals surface area contributed by atoms with Crippen molar-refractivity contribution in [2.75, 3.05) is 27.3 Å². The molecule has 1 aliphatic rings. The molecule has 1 saturated heterocycles. The number of nitrogens with two attached hydrogens (primary N) is 1. The summed E-state index contributed by atoms with van der Waals surface area (Å²) in [6.45, 7) is 7.97. The quantitative estimate of drug-likeness (QED) is 0.490. The molecular weight excluding hydrogens is 426 g/mol. The van der Waals surface area contributed by atoms with E-state index in [-0.39, 0.29) is 11.9 Å². The zero-order valence-electron chi connectivity index (χ0n) is 21.0. The summed E-state index contributed by atoms with van der Waals surface area (Å²) >= 11 is 0. The molecule has 1 aliphatic heterocycles. The van der Waals surface area contributed by atoms with Gasteiger partial charge >= 0.3 is 0 Å². The monoisotopic (exact) mass is 463 g/mol. The van der Waals surface area contributed by atoms with Crippen molar-refractivity contribution in [2.45, 2.75) is 57.9 Å². The molecule has 0 radical (unpaired) electrons. The number of nitrogens with zero attached hydrogens (tertiary/aromatic N) is 1. The van der Waals surface area contributed by atoms with Gasteiger partial charge in [0.15, 0.2) is 11.5 Å². The van der Waals surface area contributed by atoms with E-state index in [2.05, 4.69) is 43.1 Å². The van der Waals surface area contributed by atoms with Gasteiger partial charge in [-0.1, -0.05) is 19.9 Å². The molecule has 0 spiro atoms. The molecule has 1 amide bonds. The fourth-order valence-corrected chi connectivity index (χ4v) is 5.17. The van der Waals surface area contributed by atoms with Crippen molar-refractivity contribution < 1.29 is 14.3 Å². The van der Waals surface area contributed by atoms with E-state index in [1.54, 1.807) is 14.2 Å². The third-order valence-corrected chi connectivity index (χ3v) is 6.93. The topological polar surface area (TPSA) is 80.6 Å². The number of nitrogens with one attached hydrogen (secondary N) is 1. The fourth-order valence-electron chi connectivity index (χ4n) is 5.17. The Morgan fingerprint density at radius 2 is 1.76 bits per heavy atom. The van der Waals surface area contributed by atoms with Crippen LogP contribution in [0.15, 0.2) is 36.4 Å². The van der Waals surface area contributed by atoms with E-state index >= 15 is 0 Å². The van der Waals surface area contributed by atoms with Gasteiger partial charge < -0.3 is 25.1 Å². The Balaban J connectivity index is 1.64. The number of carbonyl (C=O) groups is 1. The number of likely N-dealkylation sites (tertiary alicyclic amines) is 1. The molecule has 0 saturated carbocycles. The molecule has 3 aromatic rings. The van der Waals surface area contributed by atoms with Crippen LogP contribution in [0.25, 0.3) is 22.2 Å². The first-order valence-corrected chi connectivity index (χ1v) is 12.2. The van der Waals surface area contributed by atoms with E-state index in [1.807, 2.05) is 24.0 Å². The van der Waals surface area contributed by atoms with E-state index in [1.165, 1.54) is 16.5 Å². The Labute approximate surface area is 202 Å². The molecule has 0 bridgehead atoms. The highest BCUT2D eigenvalue weighted by atomic mass is 16.5. The van der Waals surface area contributed by atoms with Crippen LogP contribution < -0.4 is 15.2 Å². The van der Waals surface area contributed by atoms with Gasteiger partial charge in [-0.25, -0.2) is 0 Å².